The van der Waals surface area contributed by atoms with Gasteiger partial charge in [0.2, 0.25) is 5.91 Å². The molecule has 0 aliphatic heterocycles. The van der Waals surface area contributed by atoms with E-state index in [1.807, 2.05) is 19.1 Å². The SMILES string of the molecule is CNC(C)(CCSCc1ccco1)C(N)=O. The molecule has 0 aromatic carbocycles. The summed E-state index contributed by atoms with van der Waals surface area (Å²) < 4.78 is 5.21. The lowest BCUT2D eigenvalue weighted by Gasteiger charge is -2.24. The van der Waals surface area contributed by atoms with Crippen molar-refractivity contribution in [2.75, 3.05) is 12.8 Å². The molecule has 0 saturated heterocycles. The predicted octanol–water partition coefficient (Wildman–Crippen LogP) is 1.37. The molecule has 1 aromatic rings. The third-order valence-electron chi connectivity index (χ3n) is 2.67. The Morgan fingerprint density at radius 1 is 1.69 bits per heavy atom. The van der Waals surface area contributed by atoms with E-state index < -0.39 is 5.54 Å². The summed E-state index contributed by atoms with van der Waals surface area (Å²) in [5.74, 6) is 2.33. The van der Waals surface area contributed by atoms with Crippen molar-refractivity contribution < 1.29 is 9.21 Å². The number of amides is 1. The summed E-state index contributed by atoms with van der Waals surface area (Å²) in [5.41, 5.74) is 4.71. The maximum atomic E-state index is 11.2. The van der Waals surface area contributed by atoms with Gasteiger partial charge in [-0.1, -0.05) is 0 Å². The highest BCUT2D eigenvalue weighted by Crippen LogP contribution is 2.17. The van der Waals surface area contributed by atoms with Crippen LogP contribution in [0.1, 0.15) is 19.1 Å². The summed E-state index contributed by atoms with van der Waals surface area (Å²) in [6, 6.07) is 3.81. The fourth-order valence-electron chi connectivity index (χ4n) is 1.22. The molecule has 1 atom stereocenters. The molecule has 0 saturated carbocycles. The van der Waals surface area contributed by atoms with Crippen molar-refractivity contribution >= 4 is 17.7 Å². The summed E-state index contributed by atoms with van der Waals surface area (Å²) in [6.07, 6.45) is 2.38. The molecule has 5 heteroatoms. The Balaban J connectivity index is 2.26. The van der Waals surface area contributed by atoms with E-state index in [-0.39, 0.29) is 5.91 Å². The molecule has 1 unspecified atom stereocenters. The van der Waals surface area contributed by atoms with Crippen LogP contribution in [-0.2, 0) is 10.5 Å². The lowest BCUT2D eigenvalue weighted by molar-refractivity contribution is -0.123. The molecular formula is C11H18N2O2S. The number of carbonyl (C=O) groups is 1. The van der Waals surface area contributed by atoms with Gasteiger partial charge in [0.1, 0.15) is 5.76 Å². The Labute approximate surface area is 100.0 Å². The van der Waals surface area contributed by atoms with Crippen LogP contribution in [0.2, 0.25) is 0 Å². The average molecular weight is 242 g/mol. The topological polar surface area (TPSA) is 68.3 Å². The third-order valence-corrected chi connectivity index (χ3v) is 3.65. The smallest absolute Gasteiger partial charge is 0.237 e. The second-order valence-electron chi connectivity index (χ2n) is 3.83. The Morgan fingerprint density at radius 2 is 2.44 bits per heavy atom. The van der Waals surface area contributed by atoms with Gasteiger partial charge in [-0.3, -0.25) is 4.79 Å². The summed E-state index contributed by atoms with van der Waals surface area (Å²) in [5, 5.41) is 2.96. The van der Waals surface area contributed by atoms with Crippen LogP contribution in [0.5, 0.6) is 0 Å². The fourth-order valence-corrected chi connectivity index (χ4v) is 2.28. The molecule has 1 rings (SSSR count). The highest BCUT2D eigenvalue weighted by Gasteiger charge is 2.28. The molecule has 0 fully saturated rings. The molecule has 3 N–H and O–H groups in total. The standard InChI is InChI=1S/C11H18N2O2S/c1-11(13-2,10(12)14)5-7-16-8-9-4-3-6-15-9/h3-4,6,13H,5,7-8H2,1-2H3,(H2,12,14). The summed E-state index contributed by atoms with van der Waals surface area (Å²) in [7, 11) is 1.75. The van der Waals surface area contributed by atoms with Crippen LogP contribution in [0.4, 0.5) is 0 Å². The van der Waals surface area contributed by atoms with Crippen LogP contribution in [0, 0.1) is 0 Å². The number of carbonyl (C=O) groups excluding carboxylic acids is 1. The van der Waals surface area contributed by atoms with Gasteiger partial charge in [0.05, 0.1) is 17.6 Å². The first-order valence-electron chi connectivity index (χ1n) is 5.17. The first-order valence-corrected chi connectivity index (χ1v) is 6.33. The van der Waals surface area contributed by atoms with Gasteiger partial charge in [0.25, 0.3) is 0 Å². The molecule has 4 nitrogen and oxygen atoms in total. The number of rotatable bonds is 7. The number of primary amides is 1. The van der Waals surface area contributed by atoms with Crippen molar-refractivity contribution in [2.24, 2.45) is 5.73 Å². The van der Waals surface area contributed by atoms with Crippen LogP contribution in [0.3, 0.4) is 0 Å². The number of nitrogens with two attached hydrogens (primary N) is 1. The zero-order chi connectivity index (χ0) is 12.0. The monoisotopic (exact) mass is 242 g/mol. The molecule has 1 heterocycles. The van der Waals surface area contributed by atoms with E-state index in [9.17, 15) is 4.79 Å². The molecule has 0 spiro atoms. The van der Waals surface area contributed by atoms with E-state index in [1.54, 1.807) is 25.1 Å². The van der Waals surface area contributed by atoms with Crippen LogP contribution in [0.15, 0.2) is 22.8 Å². The first kappa shape index (κ1) is 13.1. The van der Waals surface area contributed by atoms with Crippen LogP contribution in [-0.4, -0.2) is 24.2 Å². The minimum Gasteiger partial charge on any atom is -0.468 e. The second kappa shape index (κ2) is 5.96. The third kappa shape index (κ3) is 3.57. The molecule has 1 aromatic heterocycles. The summed E-state index contributed by atoms with van der Waals surface area (Å²) >= 11 is 1.73. The average Bonchev–Trinajstić information content (AvgIpc) is 2.76. The fraction of sp³-hybridized carbons (Fsp3) is 0.545. The number of hydrogen-bond donors (Lipinski definition) is 2. The van der Waals surface area contributed by atoms with Gasteiger partial charge in [-0.05, 0) is 38.3 Å². The minimum atomic E-state index is -0.615. The molecule has 0 aliphatic carbocycles. The molecule has 0 radical (unpaired) electrons. The van der Waals surface area contributed by atoms with Crippen molar-refractivity contribution in [3.8, 4) is 0 Å². The Hall–Kier alpha value is -0.940. The van der Waals surface area contributed by atoms with Gasteiger partial charge in [0.15, 0.2) is 0 Å². The van der Waals surface area contributed by atoms with Gasteiger partial charge in [0, 0.05) is 0 Å². The van der Waals surface area contributed by atoms with Gasteiger partial charge >= 0.3 is 0 Å². The van der Waals surface area contributed by atoms with Crippen LogP contribution >= 0.6 is 11.8 Å². The van der Waals surface area contributed by atoms with E-state index in [0.29, 0.717) is 6.42 Å². The molecule has 16 heavy (non-hydrogen) atoms. The largest absolute Gasteiger partial charge is 0.468 e. The lowest BCUT2D eigenvalue weighted by atomic mass is 9.99. The van der Waals surface area contributed by atoms with Gasteiger partial charge in [-0.25, -0.2) is 0 Å². The van der Waals surface area contributed by atoms with Crippen molar-refractivity contribution in [1.82, 2.24) is 5.32 Å². The molecule has 90 valence electrons. The zero-order valence-electron chi connectivity index (χ0n) is 9.66. The quantitative estimate of drug-likeness (QED) is 0.709. The summed E-state index contributed by atoms with van der Waals surface area (Å²) in [6.45, 7) is 1.82. The summed E-state index contributed by atoms with van der Waals surface area (Å²) in [4.78, 5) is 11.2. The van der Waals surface area contributed by atoms with E-state index in [2.05, 4.69) is 5.32 Å². The van der Waals surface area contributed by atoms with Crippen LogP contribution < -0.4 is 11.1 Å². The van der Waals surface area contributed by atoms with Gasteiger partial charge in [-0.15, -0.1) is 0 Å². The van der Waals surface area contributed by atoms with Gasteiger partial charge < -0.3 is 15.5 Å². The van der Waals surface area contributed by atoms with Crippen LogP contribution in [0.25, 0.3) is 0 Å². The van der Waals surface area contributed by atoms with Crippen molar-refractivity contribution in [2.45, 2.75) is 24.6 Å². The van der Waals surface area contributed by atoms with E-state index in [0.717, 1.165) is 17.3 Å². The van der Waals surface area contributed by atoms with E-state index >= 15 is 0 Å². The van der Waals surface area contributed by atoms with E-state index in [4.69, 9.17) is 10.2 Å². The molecule has 0 aliphatic rings. The van der Waals surface area contributed by atoms with Crippen molar-refractivity contribution in [3.05, 3.63) is 24.2 Å². The zero-order valence-corrected chi connectivity index (χ0v) is 10.5. The highest BCUT2D eigenvalue weighted by molar-refractivity contribution is 7.98. The number of furan rings is 1. The maximum absolute atomic E-state index is 11.2. The number of thioether (sulfide) groups is 1. The van der Waals surface area contributed by atoms with Crippen molar-refractivity contribution in [1.29, 1.82) is 0 Å². The Morgan fingerprint density at radius 3 is 2.94 bits per heavy atom. The Bertz CT molecular complexity index is 327. The number of hydrogen-bond acceptors (Lipinski definition) is 4. The molecule has 1 amide bonds. The second-order valence-corrected chi connectivity index (χ2v) is 4.93. The van der Waals surface area contributed by atoms with Crippen molar-refractivity contribution in [3.63, 3.8) is 0 Å². The first-order chi connectivity index (χ1) is 7.58. The Kier molecular flexibility index (Phi) is 4.89. The van der Waals surface area contributed by atoms with Gasteiger partial charge in [-0.2, -0.15) is 11.8 Å². The van der Waals surface area contributed by atoms with E-state index in [1.165, 1.54) is 0 Å². The maximum Gasteiger partial charge on any atom is 0.237 e. The lowest BCUT2D eigenvalue weighted by Crippen LogP contribution is -2.51. The molecular weight excluding hydrogens is 224 g/mol. The highest BCUT2D eigenvalue weighted by atomic mass is 32.2. The normalized spacial score (nSPS) is 14.6. The minimum absolute atomic E-state index is 0.311. The number of nitrogens with one attached hydrogen (secondary N) is 1. The number of likely N-dealkylation sites (N-methyl/N-ethyl adjacent to an activating group) is 1. The predicted molar refractivity (Wildman–Crippen MR) is 66.1 cm³/mol. The molecule has 0 bridgehead atoms.